The molecule has 4 aromatic carbocycles. The van der Waals surface area contributed by atoms with Gasteiger partial charge in [0, 0.05) is 43.1 Å². The van der Waals surface area contributed by atoms with Gasteiger partial charge in [0.05, 0.1) is 18.6 Å². The fraction of sp³-hybridized carbons (Fsp3) is 0.225. The number of H-pyrrole nitrogens is 1. The van der Waals surface area contributed by atoms with Gasteiger partial charge in [-0.05, 0) is 40.8 Å². The number of aromatic amines is 1. The molecule has 2 N–H and O–H groups in total. The third kappa shape index (κ3) is 6.45. The molecule has 0 radical (unpaired) electrons. The van der Waals surface area contributed by atoms with Gasteiger partial charge in [0.15, 0.2) is 0 Å². The number of benzene rings is 4. The van der Waals surface area contributed by atoms with E-state index < -0.39 is 12.2 Å². The minimum atomic E-state index is -0.839. The quantitative estimate of drug-likeness (QED) is 0.193. The third-order valence-electron chi connectivity index (χ3n) is 9.51. The van der Waals surface area contributed by atoms with Crippen molar-refractivity contribution in [3.8, 4) is 16.9 Å². The molecule has 2 saturated heterocycles. The maximum atomic E-state index is 14.5. The molecule has 2 aliphatic rings. The van der Waals surface area contributed by atoms with Crippen LogP contribution in [-0.2, 0) is 33.8 Å². The summed E-state index contributed by atoms with van der Waals surface area (Å²) in [4.78, 5) is 49.4. The Kier molecular flexibility index (Phi) is 9.00. The van der Waals surface area contributed by atoms with E-state index in [0.717, 1.165) is 38.7 Å². The Morgan fingerprint density at radius 2 is 1.63 bits per heavy atom. The Morgan fingerprint density at radius 3 is 2.37 bits per heavy atom. The highest BCUT2D eigenvalue weighted by Crippen LogP contribution is 2.33. The van der Waals surface area contributed by atoms with Crippen LogP contribution in [0.3, 0.4) is 0 Å². The fourth-order valence-corrected chi connectivity index (χ4v) is 7.18. The molecule has 2 atom stereocenters. The summed E-state index contributed by atoms with van der Waals surface area (Å²) >= 11 is 0. The van der Waals surface area contributed by atoms with E-state index in [1.54, 1.807) is 50.2 Å². The van der Waals surface area contributed by atoms with Crippen molar-refractivity contribution in [3.05, 3.63) is 139 Å². The molecule has 5 aromatic rings. The van der Waals surface area contributed by atoms with Crippen molar-refractivity contribution in [2.45, 2.75) is 38.0 Å². The maximum Gasteiger partial charge on any atom is 0.246 e. The van der Waals surface area contributed by atoms with Gasteiger partial charge < -0.3 is 19.9 Å². The summed E-state index contributed by atoms with van der Waals surface area (Å²) in [5.41, 5.74) is 5.91. The molecule has 0 aliphatic carbocycles. The van der Waals surface area contributed by atoms with E-state index in [1.807, 2.05) is 66.9 Å². The Labute approximate surface area is 285 Å². The molecule has 2 aliphatic heterocycles. The fourth-order valence-electron chi connectivity index (χ4n) is 7.18. The molecule has 2 fully saturated rings. The van der Waals surface area contributed by atoms with Crippen molar-refractivity contribution in [2.75, 3.05) is 19.6 Å². The second-order valence-corrected chi connectivity index (χ2v) is 12.7. The van der Waals surface area contributed by atoms with Gasteiger partial charge in [0.2, 0.25) is 17.7 Å². The van der Waals surface area contributed by atoms with Gasteiger partial charge in [-0.2, -0.15) is 0 Å². The first-order valence-corrected chi connectivity index (χ1v) is 16.6. The van der Waals surface area contributed by atoms with E-state index in [-0.39, 0.29) is 49.4 Å². The molecule has 0 bridgehead atoms. The van der Waals surface area contributed by atoms with E-state index in [1.165, 1.54) is 0 Å². The number of amides is 3. The van der Waals surface area contributed by atoms with Crippen molar-refractivity contribution >= 4 is 28.6 Å². The SMILES string of the molecule is C=CCN1CC(=O)N2[C@@H](Cc3ccc(O)cc3)C(=O)N(Cc3cccc4c(-c5ccccc5)c[nH]c34)C[C@@H]2N1C(=O)CCc1ccccc1. The number of rotatable bonds is 10. The number of hydrogen-bond donors (Lipinski definition) is 2. The molecule has 0 saturated carbocycles. The first-order chi connectivity index (χ1) is 23.9. The van der Waals surface area contributed by atoms with Crippen molar-refractivity contribution in [2.24, 2.45) is 0 Å². The van der Waals surface area contributed by atoms with E-state index >= 15 is 0 Å². The zero-order valence-electron chi connectivity index (χ0n) is 27.2. The zero-order chi connectivity index (χ0) is 33.9. The monoisotopic (exact) mass is 653 g/mol. The van der Waals surface area contributed by atoms with Gasteiger partial charge in [0.25, 0.3) is 0 Å². The summed E-state index contributed by atoms with van der Waals surface area (Å²) in [5.74, 6) is -0.394. The van der Waals surface area contributed by atoms with Crippen LogP contribution in [0, 0.1) is 0 Å². The largest absolute Gasteiger partial charge is 0.508 e. The summed E-state index contributed by atoms with van der Waals surface area (Å²) in [7, 11) is 0. The van der Waals surface area contributed by atoms with Gasteiger partial charge in [-0.15, -0.1) is 6.58 Å². The maximum absolute atomic E-state index is 14.5. The van der Waals surface area contributed by atoms with Crippen LogP contribution in [-0.4, -0.2) is 79.5 Å². The number of fused-ring (bicyclic) bond motifs is 2. The van der Waals surface area contributed by atoms with Gasteiger partial charge in [-0.1, -0.05) is 97.1 Å². The molecular weight excluding hydrogens is 614 g/mol. The Bertz CT molecular complexity index is 1970. The molecule has 49 heavy (non-hydrogen) atoms. The number of aromatic nitrogens is 1. The van der Waals surface area contributed by atoms with Gasteiger partial charge in [-0.3, -0.25) is 14.4 Å². The number of hydrazine groups is 1. The minimum Gasteiger partial charge on any atom is -0.508 e. The minimum absolute atomic E-state index is 0.0387. The molecule has 3 heterocycles. The predicted molar refractivity (Wildman–Crippen MR) is 189 cm³/mol. The smallest absolute Gasteiger partial charge is 0.246 e. The van der Waals surface area contributed by atoms with Crippen molar-refractivity contribution in [1.82, 2.24) is 24.8 Å². The van der Waals surface area contributed by atoms with Gasteiger partial charge in [0.1, 0.15) is 18.0 Å². The number of carbonyl (C=O) groups excluding carboxylic acids is 3. The van der Waals surface area contributed by atoms with Gasteiger partial charge in [-0.25, -0.2) is 10.0 Å². The van der Waals surface area contributed by atoms with Crippen LogP contribution in [0.5, 0.6) is 5.75 Å². The molecule has 9 nitrogen and oxygen atoms in total. The third-order valence-corrected chi connectivity index (χ3v) is 9.51. The number of para-hydroxylation sites is 1. The molecule has 3 amide bonds. The molecule has 1 aromatic heterocycles. The van der Waals surface area contributed by atoms with Crippen LogP contribution in [0.2, 0.25) is 0 Å². The van der Waals surface area contributed by atoms with Crippen LogP contribution in [0.25, 0.3) is 22.0 Å². The summed E-state index contributed by atoms with van der Waals surface area (Å²) in [5, 5.41) is 14.4. The van der Waals surface area contributed by atoms with E-state index in [4.69, 9.17) is 0 Å². The lowest BCUT2D eigenvalue weighted by molar-refractivity contribution is -0.205. The molecule has 0 spiro atoms. The predicted octanol–water partition coefficient (Wildman–Crippen LogP) is 5.53. The average molecular weight is 654 g/mol. The number of hydrogen-bond acceptors (Lipinski definition) is 5. The highest BCUT2D eigenvalue weighted by atomic mass is 16.3. The first kappa shape index (κ1) is 31.9. The number of nitrogens with one attached hydrogen (secondary N) is 1. The van der Waals surface area contributed by atoms with E-state index in [2.05, 4.69) is 29.8 Å². The Hall–Kier alpha value is -5.67. The van der Waals surface area contributed by atoms with E-state index in [0.29, 0.717) is 19.5 Å². The van der Waals surface area contributed by atoms with Crippen LogP contribution in [0.15, 0.2) is 122 Å². The second-order valence-electron chi connectivity index (χ2n) is 12.7. The lowest BCUT2D eigenvalue weighted by Crippen LogP contribution is -2.75. The lowest BCUT2D eigenvalue weighted by Gasteiger charge is -2.55. The number of piperazine rings is 1. The average Bonchev–Trinajstić information content (AvgIpc) is 3.56. The second kappa shape index (κ2) is 13.8. The first-order valence-electron chi connectivity index (χ1n) is 16.6. The van der Waals surface area contributed by atoms with Crippen LogP contribution in [0.1, 0.15) is 23.1 Å². The summed E-state index contributed by atoms with van der Waals surface area (Å²) in [6.45, 7) is 4.62. The number of phenols is 1. The number of carbonyl (C=O) groups is 3. The zero-order valence-corrected chi connectivity index (χ0v) is 27.2. The Balaban J connectivity index is 1.25. The molecule has 248 valence electrons. The lowest BCUT2D eigenvalue weighted by atomic mass is 9.97. The molecular formula is C40H39N5O4. The standard InChI is InChI=1S/C40H39N5O4/c1-2-22-43-27-38(48)44-35(23-29-16-19-32(46)20-17-29)40(49)42(26-36(44)45(43)37(47)21-18-28-10-5-3-6-11-28)25-31-14-9-15-33-34(24-41-39(31)33)30-12-7-4-8-13-30/h2-17,19-20,24,35-36,41,46H,1,18,21-23,25-27H2/t35-,36-/m0/s1. The summed E-state index contributed by atoms with van der Waals surface area (Å²) < 4.78 is 0. The molecule has 0 unspecified atom stereocenters. The normalized spacial score (nSPS) is 18.2. The highest BCUT2D eigenvalue weighted by molar-refractivity contribution is 5.97. The van der Waals surface area contributed by atoms with Crippen molar-refractivity contribution in [1.29, 1.82) is 0 Å². The highest BCUT2D eigenvalue weighted by Gasteiger charge is 2.51. The summed E-state index contributed by atoms with van der Waals surface area (Å²) in [6.07, 6.45) is 4.03. The van der Waals surface area contributed by atoms with Crippen LogP contribution < -0.4 is 0 Å². The van der Waals surface area contributed by atoms with Gasteiger partial charge >= 0.3 is 0 Å². The number of nitrogens with zero attached hydrogens (tertiary/aromatic N) is 4. The van der Waals surface area contributed by atoms with Crippen molar-refractivity contribution < 1.29 is 19.5 Å². The summed E-state index contributed by atoms with van der Waals surface area (Å²) in [6, 6.07) is 32.0. The number of phenolic OH excluding ortho intramolecular Hbond substituents is 1. The Morgan fingerprint density at radius 1 is 0.898 bits per heavy atom. The topological polar surface area (TPSA) is 100 Å². The molecule has 7 rings (SSSR count). The number of aromatic hydroxyl groups is 1. The van der Waals surface area contributed by atoms with Crippen LogP contribution in [0.4, 0.5) is 0 Å². The van der Waals surface area contributed by atoms with Crippen LogP contribution >= 0.6 is 0 Å². The van der Waals surface area contributed by atoms with Crippen molar-refractivity contribution in [3.63, 3.8) is 0 Å². The molecule has 9 heteroatoms. The number of aryl methyl sites for hydroxylation is 1. The van der Waals surface area contributed by atoms with E-state index in [9.17, 15) is 19.5 Å².